The molecule has 0 atom stereocenters. The maximum Gasteiger partial charge on any atom is 0.359 e. The summed E-state index contributed by atoms with van der Waals surface area (Å²) in [4.78, 5) is 11.8. The Labute approximate surface area is 98.9 Å². The van der Waals surface area contributed by atoms with Crippen molar-refractivity contribution in [2.75, 3.05) is 12.3 Å². The molecule has 0 fully saturated rings. The van der Waals surface area contributed by atoms with Crippen LogP contribution in [0.3, 0.4) is 0 Å². The van der Waals surface area contributed by atoms with Gasteiger partial charge in [0.1, 0.15) is 0 Å². The Morgan fingerprint density at radius 3 is 3.00 bits per heavy atom. The van der Waals surface area contributed by atoms with Crippen molar-refractivity contribution in [2.24, 2.45) is 5.92 Å². The highest BCUT2D eigenvalue weighted by molar-refractivity contribution is 6.02. The maximum atomic E-state index is 11.8. The number of benzene rings is 1. The van der Waals surface area contributed by atoms with Gasteiger partial charge in [0.05, 0.1) is 12.1 Å². The van der Waals surface area contributed by atoms with Crippen LogP contribution in [0.15, 0.2) is 18.2 Å². The second-order valence-corrected chi connectivity index (χ2v) is 4.37. The standard InChI is InChI=1S/C12H15N3O2/c1-7(2)6-17-12(16)11-9-5-8(13)3-4-10(9)14-15-11/h3-5,7H,6,13H2,1-2H3,(H,14,15). The van der Waals surface area contributed by atoms with E-state index in [2.05, 4.69) is 10.2 Å². The van der Waals surface area contributed by atoms with Crippen molar-refractivity contribution < 1.29 is 9.53 Å². The zero-order chi connectivity index (χ0) is 12.4. The highest BCUT2D eigenvalue weighted by Gasteiger charge is 2.16. The van der Waals surface area contributed by atoms with Gasteiger partial charge in [-0.2, -0.15) is 5.10 Å². The van der Waals surface area contributed by atoms with Crippen LogP contribution in [0.5, 0.6) is 0 Å². The smallest absolute Gasteiger partial charge is 0.359 e. The Morgan fingerprint density at radius 1 is 1.53 bits per heavy atom. The molecule has 0 aliphatic heterocycles. The number of nitrogens with two attached hydrogens (primary N) is 1. The van der Waals surface area contributed by atoms with E-state index in [1.54, 1.807) is 18.2 Å². The van der Waals surface area contributed by atoms with Crippen LogP contribution in [-0.2, 0) is 4.74 Å². The van der Waals surface area contributed by atoms with Crippen molar-refractivity contribution in [3.8, 4) is 0 Å². The number of aromatic amines is 1. The number of hydrogen-bond donors (Lipinski definition) is 2. The number of nitrogen functional groups attached to an aromatic ring is 1. The number of anilines is 1. The minimum absolute atomic E-state index is 0.285. The highest BCUT2D eigenvalue weighted by Crippen LogP contribution is 2.19. The Bertz CT molecular complexity index is 546. The summed E-state index contributed by atoms with van der Waals surface area (Å²) >= 11 is 0. The molecule has 3 N–H and O–H groups in total. The van der Waals surface area contributed by atoms with Crippen LogP contribution in [0.25, 0.3) is 10.9 Å². The monoisotopic (exact) mass is 233 g/mol. The van der Waals surface area contributed by atoms with E-state index in [-0.39, 0.29) is 5.69 Å². The first kappa shape index (κ1) is 11.4. The molecule has 0 amide bonds. The molecule has 1 heterocycles. The maximum absolute atomic E-state index is 11.8. The molecule has 0 radical (unpaired) electrons. The van der Waals surface area contributed by atoms with E-state index in [1.165, 1.54) is 0 Å². The van der Waals surface area contributed by atoms with Crippen LogP contribution in [0.2, 0.25) is 0 Å². The van der Waals surface area contributed by atoms with Crippen molar-refractivity contribution in [2.45, 2.75) is 13.8 Å². The number of carbonyl (C=O) groups is 1. The average molecular weight is 233 g/mol. The second kappa shape index (κ2) is 4.45. The highest BCUT2D eigenvalue weighted by atomic mass is 16.5. The molecule has 0 saturated carbocycles. The number of rotatable bonds is 3. The van der Waals surface area contributed by atoms with Gasteiger partial charge in [0.15, 0.2) is 5.69 Å². The number of nitrogens with one attached hydrogen (secondary N) is 1. The Morgan fingerprint density at radius 2 is 2.29 bits per heavy atom. The number of esters is 1. The van der Waals surface area contributed by atoms with E-state index in [9.17, 15) is 4.79 Å². The summed E-state index contributed by atoms with van der Waals surface area (Å²) in [6.45, 7) is 4.34. The van der Waals surface area contributed by atoms with Crippen molar-refractivity contribution in [3.05, 3.63) is 23.9 Å². The second-order valence-electron chi connectivity index (χ2n) is 4.37. The molecule has 5 nitrogen and oxygen atoms in total. The van der Waals surface area contributed by atoms with Gasteiger partial charge in [-0.15, -0.1) is 0 Å². The summed E-state index contributed by atoms with van der Waals surface area (Å²) in [5.74, 6) is -0.121. The van der Waals surface area contributed by atoms with Gasteiger partial charge in [0, 0.05) is 11.1 Å². The minimum atomic E-state index is -0.421. The van der Waals surface area contributed by atoms with Crippen LogP contribution < -0.4 is 5.73 Å². The lowest BCUT2D eigenvalue weighted by atomic mass is 10.2. The summed E-state index contributed by atoms with van der Waals surface area (Å²) in [5.41, 5.74) is 7.33. The van der Waals surface area contributed by atoms with Gasteiger partial charge >= 0.3 is 5.97 Å². The van der Waals surface area contributed by atoms with Crippen molar-refractivity contribution in [1.82, 2.24) is 10.2 Å². The molecular weight excluding hydrogens is 218 g/mol. The van der Waals surface area contributed by atoms with Crippen molar-refractivity contribution in [1.29, 1.82) is 0 Å². The number of nitrogens with zero attached hydrogens (tertiary/aromatic N) is 1. The number of H-pyrrole nitrogens is 1. The third-order valence-corrected chi connectivity index (χ3v) is 2.33. The van der Waals surface area contributed by atoms with Gasteiger partial charge in [-0.05, 0) is 24.1 Å². The lowest BCUT2D eigenvalue weighted by Crippen LogP contribution is -2.10. The molecule has 0 aliphatic carbocycles. The molecule has 0 spiro atoms. The number of hydrogen-bond acceptors (Lipinski definition) is 4. The molecule has 1 aromatic carbocycles. The van der Waals surface area contributed by atoms with E-state index in [4.69, 9.17) is 10.5 Å². The molecule has 0 aliphatic rings. The lowest BCUT2D eigenvalue weighted by molar-refractivity contribution is 0.0454. The summed E-state index contributed by atoms with van der Waals surface area (Å²) in [6.07, 6.45) is 0. The first-order valence-electron chi connectivity index (χ1n) is 5.48. The number of fused-ring (bicyclic) bond motifs is 1. The third-order valence-electron chi connectivity index (χ3n) is 2.33. The molecule has 0 bridgehead atoms. The molecule has 1 aromatic heterocycles. The lowest BCUT2D eigenvalue weighted by Gasteiger charge is -2.05. The fourth-order valence-electron chi connectivity index (χ4n) is 1.50. The minimum Gasteiger partial charge on any atom is -0.461 e. The normalized spacial score (nSPS) is 11.0. The zero-order valence-corrected chi connectivity index (χ0v) is 9.86. The largest absolute Gasteiger partial charge is 0.461 e. The first-order valence-corrected chi connectivity index (χ1v) is 5.48. The van der Waals surface area contributed by atoms with Crippen molar-refractivity contribution in [3.63, 3.8) is 0 Å². The summed E-state index contributed by atoms with van der Waals surface area (Å²) < 4.78 is 5.13. The molecule has 17 heavy (non-hydrogen) atoms. The summed E-state index contributed by atoms with van der Waals surface area (Å²) in [7, 11) is 0. The summed E-state index contributed by atoms with van der Waals surface area (Å²) in [5, 5.41) is 7.43. The predicted octanol–water partition coefficient (Wildman–Crippen LogP) is 1.96. The van der Waals surface area contributed by atoms with Gasteiger partial charge in [-0.3, -0.25) is 5.10 Å². The van der Waals surface area contributed by atoms with E-state index >= 15 is 0 Å². The fraction of sp³-hybridized carbons (Fsp3) is 0.333. The van der Waals surface area contributed by atoms with Gasteiger partial charge < -0.3 is 10.5 Å². The zero-order valence-electron chi connectivity index (χ0n) is 9.86. The summed E-state index contributed by atoms with van der Waals surface area (Å²) in [6, 6.07) is 5.26. The van der Waals surface area contributed by atoms with E-state index in [1.807, 2.05) is 13.8 Å². The first-order chi connectivity index (χ1) is 8.08. The molecule has 0 unspecified atom stereocenters. The quantitative estimate of drug-likeness (QED) is 0.627. The van der Waals surface area contributed by atoms with E-state index in [0.717, 1.165) is 5.52 Å². The van der Waals surface area contributed by atoms with Crippen LogP contribution in [0.4, 0.5) is 5.69 Å². The topological polar surface area (TPSA) is 81.0 Å². The van der Waals surface area contributed by atoms with Gasteiger partial charge in [0.25, 0.3) is 0 Å². The van der Waals surface area contributed by atoms with Crippen molar-refractivity contribution >= 4 is 22.6 Å². The molecule has 5 heteroatoms. The molecule has 2 rings (SSSR count). The Kier molecular flexibility index (Phi) is 2.99. The van der Waals surface area contributed by atoms with Crippen LogP contribution in [0, 0.1) is 5.92 Å². The van der Waals surface area contributed by atoms with Gasteiger partial charge in [-0.1, -0.05) is 13.8 Å². The number of aromatic nitrogens is 2. The molecule has 90 valence electrons. The van der Waals surface area contributed by atoms with Gasteiger partial charge in [0.2, 0.25) is 0 Å². The SMILES string of the molecule is CC(C)COC(=O)c1n[nH]c2ccc(N)cc12. The van der Waals surface area contributed by atoms with Crippen LogP contribution in [0.1, 0.15) is 24.3 Å². The Balaban J connectivity index is 2.29. The Hall–Kier alpha value is -2.04. The third kappa shape index (κ3) is 2.38. The number of ether oxygens (including phenoxy) is 1. The van der Waals surface area contributed by atoms with E-state index < -0.39 is 5.97 Å². The van der Waals surface area contributed by atoms with E-state index in [0.29, 0.717) is 23.6 Å². The predicted molar refractivity (Wildman–Crippen MR) is 65.6 cm³/mol. The van der Waals surface area contributed by atoms with Crippen LogP contribution in [-0.4, -0.2) is 22.8 Å². The fourth-order valence-corrected chi connectivity index (χ4v) is 1.50. The van der Waals surface area contributed by atoms with Gasteiger partial charge in [-0.25, -0.2) is 4.79 Å². The average Bonchev–Trinajstić information content (AvgIpc) is 2.68. The number of carbonyl (C=O) groups excluding carboxylic acids is 1. The molecular formula is C12H15N3O2. The van der Waals surface area contributed by atoms with Crippen LogP contribution >= 0.6 is 0 Å². The molecule has 2 aromatic rings. The molecule has 0 saturated heterocycles.